The van der Waals surface area contributed by atoms with E-state index in [9.17, 15) is 0 Å². The molecule has 0 bridgehead atoms. The summed E-state index contributed by atoms with van der Waals surface area (Å²) >= 11 is 1.69. The molecule has 3 heterocycles. The summed E-state index contributed by atoms with van der Waals surface area (Å²) in [5.74, 6) is 0.960. The number of nitrogens with zero attached hydrogens (tertiary/aromatic N) is 3. The third-order valence-corrected chi connectivity index (χ3v) is 4.18. The van der Waals surface area contributed by atoms with Crippen LogP contribution in [-0.2, 0) is 0 Å². The van der Waals surface area contributed by atoms with E-state index in [0.29, 0.717) is 6.04 Å². The van der Waals surface area contributed by atoms with Gasteiger partial charge in [-0.2, -0.15) is 0 Å². The van der Waals surface area contributed by atoms with E-state index in [0.717, 1.165) is 42.3 Å². The Hall–Kier alpha value is -1.46. The molecule has 1 fully saturated rings. The molecule has 4 nitrogen and oxygen atoms in total. The smallest absolute Gasteiger partial charge is 0.151 e. The van der Waals surface area contributed by atoms with E-state index in [1.807, 2.05) is 12.1 Å². The molecule has 2 aromatic heterocycles. The summed E-state index contributed by atoms with van der Waals surface area (Å²) in [6, 6.07) is 8.54. The predicted molar refractivity (Wildman–Crippen MR) is 74.8 cm³/mol. The summed E-state index contributed by atoms with van der Waals surface area (Å²) < 4.78 is 0. The van der Waals surface area contributed by atoms with Crippen LogP contribution in [0.3, 0.4) is 0 Å². The normalized spacial score (nSPS) is 17.1. The van der Waals surface area contributed by atoms with Crippen LogP contribution in [0.2, 0.25) is 0 Å². The van der Waals surface area contributed by atoms with Gasteiger partial charge in [0.25, 0.3) is 0 Å². The molecule has 5 heteroatoms. The Morgan fingerprint density at radius 1 is 1.17 bits per heavy atom. The lowest BCUT2D eigenvalue weighted by atomic mass is 10.1. The Balaban J connectivity index is 1.75. The van der Waals surface area contributed by atoms with Gasteiger partial charge in [-0.3, -0.25) is 0 Å². The van der Waals surface area contributed by atoms with Crippen molar-refractivity contribution in [2.24, 2.45) is 5.73 Å². The van der Waals surface area contributed by atoms with Gasteiger partial charge in [0, 0.05) is 19.1 Å². The van der Waals surface area contributed by atoms with E-state index in [1.165, 1.54) is 0 Å². The van der Waals surface area contributed by atoms with E-state index in [-0.39, 0.29) is 0 Å². The Labute approximate surface area is 110 Å². The predicted octanol–water partition coefficient (Wildman–Crippen LogP) is 2.13. The lowest BCUT2D eigenvalue weighted by molar-refractivity contribution is 0.497. The van der Waals surface area contributed by atoms with Crippen molar-refractivity contribution in [2.75, 3.05) is 18.0 Å². The molecule has 1 saturated heterocycles. The average molecular weight is 260 g/mol. The largest absolute Gasteiger partial charge is 0.355 e. The maximum Gasteiger partial charge on any atom is 0.151 e. The van der Waals surface area contributed by atoms with Crippen molar-refractivity contribution in [3.8, 4) is 10.6 Å². The van der Waals surface area contributed by atoms with E-state index >= 15 is 0 Å². The Kier molecular flexibility index (Phi) is 3.25. The lowest BCUT2D eigenvalue weighted by Gasteiger charge is -2.30. The number of rotatable bonds is 2. The molecule has 0 amide bonds. The highest BCUT2D eigenvalue weighted by Crippen LogP contribution is 2.23. The molecule has 2 aromatic rings. The van der Waals surface area contributed by atoms with Crippen molar-refractivity contribution >= 4 is 17.2 Å². The van der Waals surface area contributed by atoms with Gasteiger partial charge in [0.15, 0.2) is 5.82 Å². The first-order valence-corrected chi connectivity index (χ1v) is 7.09. The minimum atomic E-state index is 0.347. The zero-order chi connectivity index (χ0) is 12.4. The minimum Gasteiger partial charge on any atom is -0.355 e. The van der Waals surface area contributed by atoms with Crippen molar-refractivity contribution in [3.63, 3.8) is 0 Å². The van der Waals surface area contributed by atoms with Crippen LogP contribution in [0.4, 0.5) is 5.82 Å². The summed E-state index contributed by atoms with van der Waals surface area (Å²) in [6.45, 7) is 1.96. The Morgan fingerprint density at radius 3 is 2.61 bits per heavy atom. The standard InChI is InChI=1S/C13H16N4S/c14-10-5-7-17(8-6-10)13-4-3-11(15-16-13)12-2-1-9-18-12/h1-4,9-10H,5-8,14H2. The second kappa shape index (κ2) is 5.04. The summed E-state index contributed by atoms with van der Waals surface area (Å²) in [5.41, 5.74) is 6.85. The third-order valence-electron chi connectivity index (χ3n) is 3.29. The SMILES string of the molecule is NC1CCN(c2ccc(-c3cccs3)nn2)CC1. The van der Waals surface area contributed by atoms with Gasteiger partial charge in [-0.25, -0.2) is 0 Å². The van der Waals surface area contributed by atoms with Crippen molar-refractivity contribution in [1.29, 1.82) is 0 Å². The monoisotopic (exact) mass is 260 g/mol. The van der Waals surface area contributed by atoms with Gasteiger partial charge in [0.1, 0.15) is 5.69 Å². The fourth-order valence-corrected chi connectivity index (χ4v) is 2.87. The number of thiophene rings is 1. The van der Waals surface area contributed by atoms with Gasteiger partial charge >= 0.3 is 0 Å². The zero-order valence-electron chi connectivity index (χ0n) is 10.1. The van der Waals surface area contributed by atoms with Crippen LogP contribution in [0.1, 0.15) is 12.8 Å². The lowest BCUT2D eigenvalue weighted by Crippen LogP contribution is -2.40. The first-order chi connectivity index (χ1) is 8.83. The molecule has 0 spiro atoms. The molecule has 94 valence electrons. The second-order valence-electron chi connectivity index (χ2n) is 4.58. The first kappa shape index (κ1) is 11.6. The molecular formula is C13H16N4S. The molecular weight excluding hydrogens is 244 g/mol. The molecule has 18 heavy (non-hydrogen) atoms. The highest BCUT2D eigenvalue weighted by Gasteiger charge is 2.17. The van der Waals surface area contributed by atoms with Crippen LogP contribution >= 0.6 is 11.3 Å². The maximum absolute atomic E-state index is 5.90. The van der Waals surface area contributed by atoms with Gasteiger partial charge in [0.2, 0.25) is 0 Å². The first-order valence-electron chi connectivity index (χ1n) is 6.21. The molecule has 0 saturated carbocycles. The van der Waals surface area contributed by atoms with Gasteiger partial charge in [0.05, 0.1) is 4.88 Å². The molecule has 1 aliphatic rings. The van der Waals surface area contributed by atoms with E-state index in [2.05, 4.69) is 32.6 Å². The zero-order valence-corrected chi connectivity index (χ0v) is 10.9. The van der Waals surface area contributed by atoms with E-state index in [1.54, 1.807) is 11.3 Å². The molecule has 0 aromatic carbocycles. The van der Waals surface area contributed by atoms with Crippen LogP contribution in [0, 0.1) is 0 Å². The van der Waals surface area contributed by atoms with Crippen molar-refractivity contribution in [3.05, 3.63) is 29.6 Å². The van der Waals surface area contributed by atoms with Crippen LogP contribution in [0.5, 0.6) is 0 Å². The highest BCUT2D eigenvalue weighted by molar-refractivity contribution is 7.13. The molecule has 1 aliphatic heterocycles. The fourth-order valence-electron chi connectivity index (χ4n) is 2.18. The molecule has 0 atom stereocenters. The Bertz CT molecular complexity index is 486. The second-order valence-corrected chi connectivity index (χ2v) is 5.53. The fraction of sp³-hybridized carbons (Fsp3) is 0.385. The third kappa shape index (κ3) is 2.37. The van der Waals surface area contributed by atoms with Crippen molar-refractivity contribution in [1.82, 2.24) is 10.2 Å². The van der Waals surface area contributed by atoms with Gasteiger partial charge in [-0.05, 0) is 36.4 Å². The summed E-state index contributed by atoms with van der Waals surface area (Å²) in [4.78, 5) is 3.42. The van der Waals surface area contributed by atoms with Crippen LogP contribution in [0.15, 0.2) is 29.6 Å². The van der Waals surface area contributed by atoms with Crippen LogP contribution in [-0.4, -0.2) is 29.3 Å². The molecule has 2 N–H and O–H groups in total. The van der Waals surface area contributed by atoms with Crippen molar-refractivity contribution in [2.45, 2.75) is 18.9 Å². The quantitative estimate of drug-likeness (QED) is 0.898. The number of piperidine rings is 1. The summed E-state index contributed by atoms with van der Waals surface area (Å²) in [6.07, 6.45) is 2.07. The molecule has 0 unspecified atom stereocenters. The summed E-state index contributed by atoms with van der Waals surface area (Å²) in [5, 5.41) is 10.7. The van der Waals surface area contributed by atoms with E-state index < -0.39 is 0 Å². The topological polar surface area (TPSA) is 55.0 Å². The number of hydrogen-bond acceptors (Lipinski definition) is 5. The van der Waals surface area contributed by atoms with Gasteiger partial charge in [-0.1, -0.05) is 6.07 Å². The minimum absolute atomic E-state index is 0.347. The molecule has 3 rings (SSSR count). The molecule has 0 aliphatic carbocycles. The van der Waals surface area contributed by atoms with E-state index in [4.69, 9.17) is 5.73 Å². The summed E-state index contributed by atoms with van der Waals surface area (Å²) in [7, 11) is 0. The number of aromatic nitrogens is 2. The van der Waals surface area contributed by atoms with Crippen LogP contribution < -0.4 is 10.6 Å². The Morgan fingerprint density at radius 2 is 2.00 bits per heavy atom. The van der Waals surface area contributed by atoms with Crippen molar-refractivity contribution < 1.29 is 0 Å². The van der Waals surface area contributed by atoms with Gasteiger partial charge in [-0.15, -0.1) is 21.5 Å². The maximum atomic E-state index is 5.90. The highest BCUT2D eigenvalue weighted by atomic mass is 32.1. The number of nitrogens with two attached hydrogens (primary N) is 1. The average Bonchev–Trinajstić information content (AvgIpc) is 2.94. The van der Waals surface area contributed by atoms with Crippen LogP contribution in [0.25, 0.3) is 10.6 Å². The van der Waals surface area contributed by atoms with Gasteiger partial charge < -0.3 is 10.6 Å². The molecule has 0 radical (unpaired) electrons. The number of anilines is 1. The number of hydrogen-bond donors (Lipinski definition) is 1.